The molecule has 0 radical (unpaired) electrons. The summed E-state index contributed by atoms with van der Waals surface area (Å²) in [5.74, 6) is 2.27. The zero-order valence-corrected chi connectivity index (χ0v) is 20.4. The molecule has 35 heavy (non-hydrogen) atoms. The molecule has 0 spiro atoms. The van der Waals surface area contributed by atoms with Crippen LogP contribution in [0.2, 0.25) is 0 Å². The summed E-state index contributed by atoms with van der Waals surface area (Å²) >= 11 is 1.08. The number of carbonyl (C=O) groups is 1. The number of ether oxygens (including phenoxy) is 2. The van der Waals surface area contributed by atoms with Gasteiger partial charge in [-0.3, -0.25) is 4.79 Å². The van der Waals surface area contributed by atoms with E-state index in [-0.39, 0.29) is 12.5 Å². The number of benzene rings is 2. The van der Waals surface area contributed by atoms with Crippen LogP contribution in [0.4, 0.5) is 11.6 Å². The maximum absolute atomic E-state index is 13.0. The van der Waals surface area contributed by atoms with Gasteiger partial charge in [0, 0.05) is 31.7 Å². The van der Waals surface area contributed by atoms with Crippen LogP contribution in [0.3, 0.4) is 0 Å². The third kappa shape index (κ3) is 6.08. The van der Waals surface area contributed by atoms with E-state index in [1.165, 1.54) is 13.3 Å². The summed E-state index contributed by atoms with van der Waals surface area (Å²) < 4.78 is 22.1. The summed E-state index contributed by atoms with van der Waals surface area (Å²) in [6.07, 6.45) is 3.08. The van der Waals surface area contributed by atoms with Crippen LogP contribution in [0.25, 0.3) is 11.0 Å². The molecule has 0 bridgehead atoms. The van der Waals surface area contributed by atoms with E-state index in [2.05, 4.69) is 20.2 Å². The number of furan rings is 1. The van der Waals surface area contributed by atoms with Crippen molar-refractivity contribution in [2.45, 2.75) is 11.5 Å². The lowest BCUT2D eigenvalue weighted by Crippen LogP contribution is -2.15. The van der Waals surface area contributed by atoms with Crippen LogP contribution in [-0.4, -0.2) is 44.2 Å². The van der Waals surface area contributed by atoms with Gasteiger partial charge >= 0.3 is 0 Å². The Morgan fingerprint density at radius 1 is 1.09 bits per heavy atom. The van der Waals surface area contributed by atoms with Gasteiger partial charge in [0.05, 0.1) is 36.9 Å². The van der Waals surface area contributed by atoms with Crippen molar-refractivity contribution < 1.29 is 27.9 Å². The quantitative estimate of drug-likeness (QED) is 0.182. The molecule has 0 aliphatic rings. The summed E-state index contributed by atoms with van der Waals surface area (Å²) in [6.45, 7) is 0.287. The molecule has 0 aliphatic carbocycles. The fraction of sp³-hybridized carbons (Fsp3) is 0.208. The minimum Gasteiger partial charge on any atom is -0.458 e. The molecule has 2 aromatic carbocycles. The van der Waals surface area contributed by atoms with Crippen LogP contribution in [0.1, 0.15) is 16.1 Å². The Morgan fingerprint density at radius 3 is 2.54 bits per heavy atom. The fourth-order valence-corrected chi connectivity index (χ4v) is 3.55. The number of nitrogens with zero attached hydrogens (tertiary/aromatic N) is 3. The summed E-state index contributed by atoms with van der Waals surface area (Å²) in [7, 11) is 6.74. The van der Waals surface area contributed by atoms with Crippen LogP contribution in [-0.2, 0) is 20.6 Å². The number of hydrogen-bond acceptors (Lipinski definition) is 10. The zero-order chi connectivity index (χ0) is 24.8. The lowest BCUT2D eigenvalue weighted by atomic mass is 10.1. The fourth-order valence-electron chi connectivity index (χ4n) is 3.16. The van der Waals surface area contributed by atoms with Crippen LogP contribution >= 0.6 is 12.0 Å². The van der Waals surface area contributed by atoms with E-state index in [1.54, 1.807) is 37.6 Å². The molecule has 10 nitrogen and oxygen atoms in total. The number of rotatable bonds is 10. The first-order chi connectivity index (χ1) is 17.0. The molecule has 0 atom stereocenters. The van der Waals surface area contributed by atoms with E-state index in [0.29, 0.717) is 45.4 Å². The molecular weight excluding hydrogens is 472 g/mol. The number of hydrogen-bond donors (Lipinski definition) is 1. The highest BCUT2D eigenvalue weighted by atomic mass is 32.2. The van der Waals surface area contributed by atoms with Crippen molar-refractivity contribution in [3.05, 3.63) is 66.2 Å². The number of aromatic nitrogens is 2. The highest BCUT2D eigenvalue weighted by Crippen LogP contribution is 2.35. The third-order valence-electron chi connectivity index (χ3n) is 4.79. The van der Waals surface area contributed by atoms with Gasteiger partial charge in [-0.15, -0.1) is 0 Å². The van der Waals surface area contributed by atoms with Gasteiger partial charge in [-0.1, -0.05) is 0 Å². The van der Waals surface area contributed by atoms with Gasteiger partial charge in [0.2, 0.25) is 0 Å². The SMILES string of the molecule is COCc1cc2c(Oc3ccc(SOOC)cc3)cc(C(=O)Nc3cnc(N(C)C)cn3)cc2o1. The van der Waals surface area contributed by atoms with Crippen molar-refractivity contribution in [2.75, 3.05) is 38.5 Å². The Hall–Kier alpha value is -3.64. The van der Waals surface area contributed by atoms with Crippen molar-refractivity contribution in [1.29, 1.82) is 0 Å². The largest absolute Gasteiger partial charge is 0.458 e. The van der Waals surface area contributed by atoms with Crippen molar-refractivity contribution in [1.82, 2.24) is 9.97 Å². The normalized spacial score (nSPS) is 11.0. The first-order valence-electron chi connectivity index (χ1n) is 10.5. The molecule has 4 rings (SSSR count). The average molecular weight is 497 g/mol. The summed E-state index contributed by atoms with van der Waals surface area (Å²) in [6, 6.07) is 12.4. The highest BCUT2D eigenvalue weighted by Gasteiger charge is 2.17. The molecule has 2 heterocycles. The van der Waals surface area contributed by atoms with Crippen molar-refractivity contribution >= 4 is 40.6 Å². The monoisotopic (exact) mass is 496 g/mol. The summed E-state index contributed by atoms with van der Waals surface area (Å²) in [5.41, 5.74) is 0.833. The molecule has 0 aliphatic heterocycles. The first-order valence-corrected chi connectivity index (χ1v) is 11.2. The molecule has 182 valence electrons. The summed E-state index contributed by atoms with van der Waals surface area (Å²) in [5, 5.41) is 3.47. The van der Waals surface area contributed by atoms with Gasteiger partial charge < -0.3 is 24.1 Å². The maximum Gasteiger partial charge on any atom is 0.257 e. The van der Waals surface area contributed by atoms with E-state index in [0.717, 1.165) is 16.9 Å². The van der Waals surface area contributed by atoms with Crippen LogP contribution in [0.5, 0.6) is 11.5 Å². The standard InChI is InChI=1S/C24H24N4O6S/c1-28(2)23-13-25-22(12-26-23)27-24(29)15-9-20(19-11-17(14-30-3)33-21(19)10-15)32-16-5-7-18(8-6-16)35-34-31-4/h5-13H,14H2,1-4H3,(H,25,27,29). The number of carbonyl (C=O) groups excluding carboxylic acids is 1. The van der Waals surface area contributed by atoms with E-state index >= 15 is 0 Å². The Bertz CT molecular complexity index is 1290. The number of anilines is 2. The van der Waals surface area contributed by atoms with Crippen molar-refractivity contribution in [3.8, 4) is 11.5 Å². The number of nitrogens with one attached hydrogen (secondary N) is 1. The highest BCUT2D eigenvalue weighted by molar-refractivity contribution is 7.94. The molecule has 11 heteroatoms. The summed E-state index contributed by atoms with van der Waals surface area (Å²) in [4.78, 5) is 28.8. The Labute approximate surface area is 206 Å². The molecule has 0 fully saturated rings. The minimum absolute atomic E-state index is 0.287. The molecule has 0 saturated heterocycles. The van der Waals surface area contributed by atoms with Crippen LogP contribution in [0, 0.1) is 0 Å². The molecule has 1 N–H and O–H groups in total. The predicted octanol–water partition coefficient (Wildman–Crippen LogP) is 5.06. The smallest absolute Gasteiger partial charge is 0.257 e. The second kappa shape index (κ2) is 11.2. The van der Waals surface area contributed by atoms with E-state index in [4.69, 9.17) is 18.2 Å². The zero-order valence-electron chi connectivity index (χ0n) is 19.6. The average Bonchev–Trinajstić information content (AvgIpc) is 3.27. The lowest BCUT2D eigenvalue weighted by Gasteiger charge is -2.12. The second-order valence-corrected chi connectivity index (χ2v) is 8.31. The van der Waals surface area contributed by atoms with Crippen molar-refractivity contribution in [2.24, 2.45) is 0 Å². The van der Waals surface area contributed by atoms with Gasteiger partial charge in [-0.2, -0.15) is 4.33 Å². The van der Waals surface area contributed by atoms with Gasteiger partial charge in [0.25, 0.3) is 5.91 Å². The van der Waals surface area contributed by atoms with E-state index < -0.39 is 0 Å². The second-order valence-electron chi connectivity index (χ2n) is 7.53. The number of fused-ring (bicyclic) bond motifs is 1. The Kier molecular flexibility index (Phi) is 7.83. The number of amides is 1. The lowest BCUT2D eigenvalue weighted by molar-refractivity contribution is -0.160. The number of methoxy groups -OCH3 is 1. The maximum atomic E-state index is 13.0. The first kappa shape index (κ1) is 24.5. The molecule has 2 aromatic heterocycles. The van der Waals surface area contributed by atoms with Crippen molar-refractivity contribution in [3.63, 3.8) is 0 Å². The van der Waals surface area contributed by atoms with Crippen LogP contribution in [0.15, 0.2) is 64.2 Å². The molecule has 4 aromatic rings. The molecule has 0 saturated carbocycles. The minimum atomic E-state index is -0.378. The van der Waals surface area contributed by atoms with E-state index in [1.807, 2.05) is 37.2 Å². The topological polar surface area (TPSA) is 108 Å². The Morgan fingerprint density at radius 2 is 1.89 bits per heavy atom. The van der Waals surface area contributed by atoms with E-state index in [9.17, 15) is 4.79 Å². The van der Waals surface area contributed by atoms with Gasteiger partial charge in [-0.25, -0.2) is 14.9 Å². The Balaban J connectivity index is 1.62. The molecule has 0 unspecified atom stereocenters. The third-order valence-corrected chi connectivity index (χ3v) is 5.46. The van der Waals surface area contributed by atoms with Gasteiger partial charge in [0.1, 0.15) is 35.3 Å². The predicted molar refractivity (Wildman–Crippen MR) is 132 cm³/mol. The van der Waals surface area contributed by atoms with Gasteiger partial charge in [0.15, 0.2) is 5.82 Å². The molecular formula is C24H24N4O6S. The van der Waals surface area contributed by atoms with Crippen LogP contribution < -0.4 is 15.0 Å². The molecule has 1 amide bonds. The van der Waals surface area contributed by atoms with Gasteiger partial charge in [-0.05, 0) is 42.5 Å².